The molecule has 3 heterocycles. The van der Waals surface area contributed by atoms with Gasteiger partial charge in [0.2, 0.25) is 11.9 Å². The maximum absolute atomic E-state index is 13.1. The Morgan fingerprint density at radius 1 is 1.05 bits per heavy atom. The number of nitrogens with zero attached hydrogens (tertiary/aromatic N) is 3. The van der Waals surface area contributed by atoms with Gasteiger partial charge in [0.15, 0.2) is 0 Å². The lowest BCUT2D eigenvalue weighted by atomic mass is 10.1. The van der Waals surface area contributed by atoms with E-state index in [0.717, 1.165) is 21.8 Å². The highest BCUT2D eigenvalue weighted by atomic mass is 32.1. The molecular weight excluding hydrogens is 486 g/mol. The number of nitrogens with one attached hydrogen (secondary N) is 2. The van der Waals surface area contributed by atoms with Crippen molar-refractivity contribution in [2.75, 3.05) is 12.4 Å². The summed E-state index contributed by atoms with van der Waals surface area (Å²) in [5.41, 5.74) is 3.49. The van der Waals surface area contributed by atoms with Gasteiger partial charge in [0.1, 0.15) is 17.3 Å². The minimum absolute atomic E-state index is 0.169. The largest absolute Gasteiger partial charge is 0.497 e. The van der Waals surface area contributed by atoms with Crippen LogP contribution < -0.4 is 15.6 Å². The zero-order valence-corrected chi connectivity index (χ0v) is 21.2. The summed E-state index contributed by atoms with van der Waals surface area (Å²) < 4.78 is 6.66. The number of benzene rings is 2. The van der Waals surface area contributed by atoms with Crippen LogP contribution in [0.2, 0.25) is 0 Å². The maximum Gasteiger partial charge on any atom is 0.256 e. The number of thiophene rings is 1. The Hall–Kier alpha value is -4.50. The van der Waals surface area contributed by atoms with Gasteiger partial charge in [0, 0.05) is 18.1 Å². The molecule has 37 heavy (non-hydrogen) atoms. The van der Waals surface area contributed by atoms with Crippen LogP contribution >= 0.6 is 11.3 Å². The zero-order chi connectivity index (χ0) is 25.8. The number of carbonyl (C=O) groups is 1. The van der Waals surface area contributed by atoms with Gasteiger partial charge in [-0.25, -0.2) is 4.98 Å². The van der Waals surface area contributed by atoms with E-state index in [9.17, 15) is 9.59 Å². The Kier molecular flexibility index (Phi) is 6.96. The average molecular weight is 512 g/mol. The molecule has 0 aliphatic carbocycles. The van der Waals surface area contributed by atoms with Crippen molar-refractivity contribution in [3.05, 3.63) is 111 Å². The molecule has 0 aliphatic heterocycles. The quantitative estimate of drug-likeness (QED) is 0.312. The third-order valence-corrected chi connectivity index (χ3v) is 6.80. The predicted octanol–water partition coefficient (Wildman–Crippen LogP) is 4.77. The van der Waals surface area contributed by atoms with Crippen molar-refractivity contribution in [1.29, 1.82) is 0 Å². The van der Waals surface area contributed by atoms with E-state index < -0.39 is 0 Å². The molecule has 0 radical (unpaired) electrons. The lowest BCUT2D eigenvalue weighted by Gasteiger charge is -2.11. The van der Waals surface area contributed by atoms with Gasteiger partial charge in [0.05, 0.1) is 24.1 Å². The summed E-state index contributed by atoms with van der Waals surface area (Å²) in [5, 5.41) is 9.56. The molecule has 8 nitrogen and oxygen atoms in total. The topological polar surface area (TPSA) is 102 Å². The number of carbonyl (C=O) groups excluding carboxylic acids is 1. The molecule has 0 atom stereocenters. The highest BCUT2D eigenvalue weighted by Gasteiger charge is 2.18. The first-order chi connectivity index (χ1) is 18.0. The Balaban J connectivity index is 1.46. The normalized spacial score (nSPS) is 10.9. The van der Waals surface area contributed by atoms with Crippen LogP contribution in [0.3, 0.4) is 0 Å². The molecule has 2 aromatic carbocycles. The molecule has 0 fully saturated rings. The standard InChI is InChI=1S/C28H25N5O3S/c1-18-22(15-19-7-4-3-5-8-19)27(35)31-28(29-18)33-25(17-23(32-33)24-9-6-14-37-24)30-26(34)16-20-10-12-21(36-2)13-11-20/h3-14,17H,15-16H2,1-2H3,(H,30,34)(H,29,31,35). The van der Waals surface area contributed by atoms with Gasteiger partial charge >= 0.3 is 0 Å². The first kappa shape index (κ1) is 24.2. The zero-order valence-electron chi connectivity index (χ0n) is 20.4. The summed E-state index contributed by atoms with van der Waals surface area (Å²) in [7, 11) is 1.60. The molecule has 9 heteroatoms. The fourth-order valence-corrected chi connectivity index (χ4v) is 4.68. The van der Waals surface area contributed by atoms with Crippen LogP contribution in [-0.4, -0.2) is 32.8 Å². The van der Waals surface area contributed by atoms with E-state index in [4.69, 9.17) is 4.74 Å². The highest BCUT2D eigenvalue weighted by molar-refractivity contribution is 7.13. The number of hydrogen-bond donors (Lipinski definition) is 2. The molecule has 5 aromatic rings. The smallest absolute Gasteiger partial charge is 0.256 e. The molecule has 0 aliphatic rings. The third-order valence-electron chi connectivity index (χ3n) is 5.91. The van der Waals surface area contributed by atoms with Gasteiger partial charge in [-0.05, 0) is 41.6 Å². The number of H-pyrrole nitrogens is 1. The lowest BCUT2D eigenvalue weighted by Crippen LogP contribution is -2.22. The lowest BCUT2D eigenvalue weighted by molar-refractivity contribution is -0.115. The van der Waals surface area contributed by atoms with Crippen LogP contribution in [0.1, 0.15) is 22.4 Å². The van der Waals surface area contributed by atoms with E-state index in [1.54, 1.807) is 13.2 Å². The number of ether oxygens (including phenoxy) is 1. The predicted molar refractivity (Wildman–Crippen MR) is 145 cm³/mol. The number of hydrogen-bond acceptors (Lipinski definition) is 6. The van der Waals surface area contributed by atoms with Gasteiger partial charge in [-0.15, -0.1) is 11.3 Å². The average Bonchev–Trinajstić information content (AvgIpc) is 3.58. The first-order valence-corrected chi connectivity index (χ1v) is 12.6. The fraction of sp³-hybridized carbons (Fsp3) is 0.143. The summed E-state index contributed by atoms with van der Waals surface area (Å²) >= 11 is 1.54. The molecule has 1 amide bonds. The number of aromatic nitrogens is 4. The Labute approximate surface area is 217 Å². The molecule has 2 N–H and O–H groups in total. The highest BCUT2D eigenvalue weighted by Crippen LogP contribution is 2.27. The van der Waals surface area contributed by atoms with Gasteiger partial charge in [-0.3, -0.25) is 14.6 Å². The summed E-state index contributed by atoms with van der Waals surface area (Å²) in [6.07, 6.45) is 0.642. The Morgan fingerprint density at radius 3 is 2.51 bits per heavy atom. The summed E-state index contributed by atoms with van der Waals surface area (Å²) in [4.78, 5) is 34.4. The molecule has 5 rings (SSSR count). The van der Waals surface area contributed by atoms with E-state index in [2.05, 4.69) is 20.4 Å². The Morgan fingerprint density at radius 2 is 1.84 bits per heavy atom. The van der Waals surface area contributed by atoms with Gasteiger partial charge in [-0.1, -0.05) is 48.5 Å². The fourth-order valence-electron chi connectivity index (χ4n) is 4.00. The minimum atomic E-state index is -0.241. The van der Waals surface area contributed by atoms with E-state index in [0.29, 0.717) is 29.2 Å². The molecule has 186 valence electrons. The van der Waals surface area contributed by atoms with Crippen LogP contribution in [0.15, 0.2) is 83.0 Å². The van der Waals surface area contributed by atoms with E-state index in [1.807, 2.05) is 79.0 Å². The van der Waals surface area contributed by atoms with Gasteiger partial charge in [-0.2, -0.15) is 9.78 Å². The second-order valence-corrected chi connectivity index (χ2v) is 9.44. The SMILES string of the molecule is COc1ccc(CC(=O)Nc2cc(-c3cccs3)nn2-c2nc(C)c(Cc3ccccc3)c(=O)[nH]2)cc1. The summed E-state index contributed by atoms with van der Waals surface area (Å²) in [5.74, 6) is 1.16. The number of aryl methyl sites for hydroxylation is 1. The van der Waals surface area contributed by atoms with Crippen LogP contribution in [0, 0.1) is 6.92 Å². The van der Waals surface area contributed by atoms with E-state index >= 15 is 0 Å². The van der Waals surface area contributed by atoms with Gasteiger partial charge in [0.25, 0.3) is 5.56 Å². The van der Waals surface area contributed by atoms with Crippen molar-refractivity contribution < 1.29 is 9.53 Å². The second-order valence-electron chi connectivity index (χ2n) is 8.49. The molecule has 0 saturated heterocycles. The number of amides is 1. The van der Waals surface area contributed by atoms with Crippen molar-refractivity contribution in [3.63, 3.8) is 0 Å². The van der Waals surface area contributed by atoms with Crippen molar-refractivity contribution in [2.45, 2.75) is 19.8 Å². The number of methoxy groups -OCH3 is 1. The monoisotopic (exact) mass is 511 g/mol. The maximum atomic E-state index is 13.1. The number of rotatable bonds is 8. The van der Waals surface area contributed by atoms with Crippen molar-refractivity contribution in [1.82, 2.24) is 19.7 Å². The van der Waals surface area contributed by atoms with Crippen molar-refractivity contribution >= 4 is 23.1 Å². The summed E-state index contributed by atoms with van der Waals surface area (Å²) in [6.45, 7) is 1.81. The third kappa shape index (κ3) is 5.52. The van der Waals surface area contributed by atoms with Gasteiger partial charge < -0.3 is 10.1 Å². The first-order valence-electron chi connectivity index (χ1n) is 11.7. The van der Waals surface area contributed by atoms with Crippen LogP contribution in [0.5, 0.6) is 5.75 Å². The van der Waals surface area contributed by atoms with Crippen LogP contribution in [0.4, 0.5) is 5.82 Å². The molecular formula is C28H25N5O3S. The number of anilines is 1. The molecule has 0 unspecified atom stereocenters. The van der Waals surface area contributed by atoms with Crippen LogP contribution in [0.25, 0.3) is 16.5 Å². The second kappa shape index (κ2) is 10.6. The molecule has 0 spiro atoms. The van der Waals surface area contributed by atoms with Crippen molar-refractivity contribution in [2.24, 2.45) is 0 Å². The molecule has 3 aromatic heterocycles. The van der Waals surface area contributed by atoms with E-state index in [-0.39, 0.29) is 23.8 Å². The molecule has 0 bridgehead atoms. The number of aromatic amines is 1. The van der Waals surface area contributed by atoms with Crippen molar-refractivity contribution in [3.8, 4) is 22.3 Å². The summed E-state index contributed by atoms with van der Waals surface area (Å²) in [6, 6.07) is 22.8. The van der Waals surface area contributed by atoms with Crippen LogP contribution in [-0.2, 0) is 17.6 Å². The molecule has 0 saturated carbocycles. The minimum Gasteiger partial charge on any atom is -0.497 e. The Bertz CT molecular complexity index is 1570. The van der Waals surface area contributed by atoms with E-state index in [1.165, 1.54) is 16.0 Å².